The zero-order valence-electron chi connectivity index (χ0n) is 13.5. The van der Waals surface area contributed by atoms with Crippen LogP contribution < -0.4 is 9.47 Å². The molecule has 2 aromatic rings. The average molecular weight is 298 g/mol. The molecule has 0 heterocycles. The first kappa shape index (κ1) is 16.1. The van der Waals surface area contributed by atoms with Gasteiger partial charge in [0.05, 0.1) is 0 Å². The molecule has 0 bridgehead atoms. The van der Waals surface area contributed by atoms with Crippen molar-refractivity contribution in [2.45, 2.75) is 39.5 Å². The van der Waals surface area contributed by atoms with Crippen molar-refractivity contribution < 1.29 is 14.3 Å². The fraction of sp³-hybridized carbons (Fsp3) is 0.316. The van der Waals surface area contributed by atoms with Gasteiger partial charge in [-0.25, -0.2) is 4.79 Å². The molecule has 0 spiro atoms. The Labute approximate surface area is 131 Å². The third-order valence-corrected chi connectivity index (χ3v) is 3.50. The minimum Gasteiger partial charge on any atom is -0.395 e. The normalized spacial score (nSPS) is 10.8. The number of rotatable bonds is 4. The quantitative estimate of drug-likeness (QED) is 0.551. The molecule has 0 saturated heterocycles. The van der Waals surface area contributed by atoms with Crippen molar-refractivity contribution in [2.24, 2.45) is 0 Å². The van der Waals surface area contributed by atoms with Crippen molar-refractivity contribution in [3.8, 4) is 11.5 Å². The molecule has 0 fully saturated rings. The highest BCUT2D eigenvalue weighted by atomic mass is 16.7. The van der Waals surface area contributed by atoms with Gasteiger partial charge in [-0.05, 0) is 47.2 Å². The predicted octanol–water partition coefficient (Wildman–Crippen LogP) is 5.51. The molecule has 0 aromatic heterocycles. The van der Waals surface area contributed by atoms with Gasteiger partial charge in [0, 0.05) is 0 Å². The molecule has 0 amide bonds. The van der Waals surface area contributed by atoms with Crippen LogP contribution in [0, 0.1) is 0 Å². The van der Waals surface area contributed by atoms with E-state index < -0.39 is 6.16 Å². The standard InChI is InChI=1S/C19H22O3/c1-13(2)15-5-9-17(10-6-15)21-19(20)22-18-11-7-16(8-12-18)14(3)4/h5-14H,1-4H3. The highest BCUT2D eigenvalue weighted by Gasteiger charge is 2.09. The number of ether oxygens (including phenoxy) is 2. The van der Waals surface area contributed by atoms with Crippen LogP contribution in [-0.4, -0.2) is 6.16 Å². The van der Waals surface area contributed by atoms with Crippen LogP contribution in [-0.2, 0) is 0 Å². The summed E-state index contributed by atoms with van der Waals surface area (Å²) in [6.45, 7) is 8.46. The van der Waals surface area contributed by atoms with Gasteiger partial charge in [-0.1, -0.05) is 52.0 Å². The van der Waals surface area contributed by atoms with Crippen molar-refractivity contribution in [3.63, 3.8) is 0 Å². The van der Waals surface area contributed by atoms with Crippen LogP contribution in [0.3, 0.4) is 0 Å². The molecule has 0 atom stereocenters. The number of carbonyl (C=O) groups is 1. The van der Waals surface area contributed by atoms with E-state index in [1.165, 1.54) is 11.1 Å². The fourth-order valence-electron chi connectivity index (χ4n) is 2.05. The van der Waals surface area contributed by atoms with Crippen molar-refractivity contribution in [2.75, 3.05) is 0 Å². The van der Waals surface area contributed by atoms with Gasteiger partial charge in [0.1, 0.15) is 11.5 Å². The minimum atomic E-state index is -0.727. The summed E-state index contributed by atoms with van der Waals surface area (Å²) in [7, 11) is 0. The molecule has 3 heteroatoms. The lowest BCUT2D eigenvalue weighted by Gasteiger charge is -2.09. The van der Waals surface area contributed by atoms with Gasteiger partial charge in [0.2, 0.25) is 0 Å². The maximum Gasteiger partial charge on any atom is 0.519 e. The summed E-state index contributed by atoms with van der Waals surface area (Å²) in [5.41, 5.74) is 2.40. The third-order valence-electron chi connectivity index (χ3n) is 3.50. The molecule has 0 aliphatic rings. The van der Waals surface area contributed by atoms with Gasteiger partial charge in [0.15, 0.2) is 0 Å². The molecule has 0 N–H and O–H groups in total. The molecular formula is C19H22O3. The second kappa shape index (κ2) is 7.12. The van der Waals surface area contributed by atoms with Gasteiger partial charge in [-0.3, -0.25) is 0 Å². The van der Waals surface area contributed by atoms with E-state index in [0.29, 0.717) is 23.3 Å². The summed E-state index contributed by atoms with van der Waals surface area (Å²) in [5.74, 6) is 1.85. The van der Waals surface area contributed by atoms with Crippen LogP contribution in [0.25, 0.3) is 0 Å². The summed E-state index contributed by atoms with van der Waals surface area (Å²) in [5, 5.41) is 0. The molecule has 116 valence electrons. The summed E-state index contributed by atoms with van der Waals surface area (Å²) < 4.78 is 10.3. The van der Waals surface area contributed by atoms with E-state index in [0.717, 1.165) is 0 Å². The SMILES string of the molecule is CC(C)c1ccc(OC(=O)Oc2ccc(C(C)C)cc2)cc1. The van der Waals surface area contributed by atoms with Gasteiger partial charge in [-0.15, -0.1) is 0 Å². The lowest BCUT2D eigenvalue weighted by atomic mass is 10.0. The monoisotopic (exact) mass is 298 g/mol. The minimum absolute atomic E-state index is 0.445. The first-order valence-corrected chi connectivity index (χ1v) is 7.55. The van der Waals surface area contributed by atoms with Crippen LogP contribution in [0.15, 0.2) is 48.5 Å². The largest absolute Gasteiger partial charge is 0.519 e. The first-order valence-electron chi connectivity index (χ1n) is 7.55. The topological polar surface area (TPSA) is 35.5 Å². The first-order chi connectivity index (χ1) is 10.5. The van der Waals surface area contributed by atoms with Crippen LogP contribution in [0.1, 0.15) is 50.7 Å². The maximum atomic E-state index is 11.8. The van der Waals surface area contributed by atoms with Crippen molar-refractivity contribution >= 4 is 6.16 Å². The van der Waals surface area contributed by atoms with Gasteiger partial charge in [0.25, 0.3) is 0 Å². The lowest BCUT2D eigenvalue weighted by molar-refractivity contribution is 0.152. The lowest BCUT2D eigenvalue weighted by Crippen LogP contribution is -2.13. The number of hydrogen-bond acceptors (Lipinski definition) is 3. The van der Waals surface area contributed by atoms with E-state index in [-0.39, 0.29) is 0 Å². The van der Waals surface area contributed by atoms with Gasteiger partial charge in [-0.2, -0.15) is 0 Å². The summed E-state index contributed by atoms with van der Waals surface area (Å²) in [4.78, 5) is 11.8. The molecule has 2 aromatic carbocycles. The maximum absolute atomic E-state index is 11.8. The van der Waals surface area contributed by atoms with Crippen LogP contribution in [0.2, 0.25) is 0 Å². The molecule has 0 aliphatic heterocycles. The predicted molar refractivity (Wildman–Crippen MR) is 87.7 cm³/mol. The summed E-state index contributed by atoms with van der Waals surface area (Å²) >= 11 is 0. The molecule has 0 aliphatic carbocycles. The van der Waals surface area contributed by atoms with E-state index in [4.69, 9.17) is 9.47 Å². The van der Waals surface area contributed by atoms with Crippen molar-refractivity contribution in [1.29, 1.82) is 0 Å². The van der Waals surface area contributed by atoms with Gasteiger partial charge >= 0.3 is 6.16 Å². The van der Waals surface area contributed by atoms with Crippen molar-refractivity contribution in [3.05, 3.63) is 59.7 Å². The average Bonchev–Trinajstić information content (AvgIpc) is 2.48. The number of benzene rings is 2. The second-order valence-corrected chi connectivity index (χ2v) is 5.90. The molecule has 0 radical (unpaired) electrons. The Morgan fingerprint density at radius 3 is 1.27 bits per heavy atom. The molecule has 22 heavy (non-hydrogen) atoms. The van der Waals surface area contributed by atoms with E-state index in [2.05, 4.69) is 27.7 Å². The Kier molecular flexibility index (Phi) is 5.21. The summed E-state index contributed by atoms with van der Waals surface area (Å²) in [6, 6.07) is 14.9. The van der Waals surface area contributed by atoms with Crippen LogP contribution in [0.5, 0.6) is 11.5 Å². The zero-order chi connectivity index (χ0) is 16.1. The molecule has 0 unspecified atom stereocenters. The molecule has 2 rings (SSSR count). The highest BCUT2D eigenvalue weighted by molar-refractivity contribution is 5.67. The van der Waals surface area contributed by atoms with E-state index in [1.54, 1.807) is 24.3 Å². The Morgan fingerprint density at radius 1 is 0.682 bits per heavy atom. The Hall–Kier alpha value is -2.29. The Morgan fingerprint density at radius 2 is 1.00 bits per heavy atom. The van der Waals surface area contributed by atoms with Crippen LogP contribution in [0.4, 0.5) is 4.79 Å². The Bertz CT molecular complexity index is 555. The van der Waals surface area contributed by atoms with E-state index in [1.807, 2.05) is 24.3 Å². The summed E-state index contributed by atoms with van der Waals surface area (Å²) in [6.07, 6.45) is -0.727. The fourth-order valence-corrected chi connectivity index (χ4v) is 2.05. The second-order valence-electron chi connectivity index (χ2n) is 5.90. The number of hydrogen-bond donors (Lipinski definition) is 0. The van der Waals surface area contributed by atoms with Gasteiger partial charge < -0.3 is 9.47 Å². The third kappa shape index (κ3) is 4.35. The van der Waals surface area contributed by atoms with Crippen LogP contribution >= 0.6 is 0 Å². The molecular weight excluding hydrogens is 276 g/mol. The van der Waals surface area contributed by atoms with E-state index >= 15 is 0 Å². The zero-order valence-corrected chi connectivity index (χ0v) is 13.5. The molecule has 3 nitrogen and oxygen atoms in total. The smallest absolute Gasteiger partial charge is 0.395 e. The van der Waals surface area contributed by atoms with Crippen molar-refractivity contribution in [1.82, 2.24) is 0 Å². The number of carbonyl (C=O) groups excluding carboxylic acids is 1. The molecule has 0 saturated carbocycles. The highest BCUT2D eigenvalue weighted by Crippen LogP contribution is 2.21. The van der Waals surface area contributed by atoms with E-state index in [9.17, 15) is 4.79 Å². The Balaban J connectivity index is 1.94.